The van der Waals surface area contributed by atoms with Crippen molar-refractivity contribution < 1.29 is 0 Å². The number of hydrogen-bond donors (Lipinski definition) is 2. The summed E-state index contributed by atoms with van der Waals surface area (Å²) in [4.78, 5) is 6.87. The number of anilines is 1. The molecule has 3 N–H and O–H groups in total. The summed E-state index contributed by atoms with van der Waals surface area (Å²) < 4.78 is 0. The molecular formula is C14H22N4. The second kappa shape index (κ2) is 5.85. The van der Waals surface area contributed by atoms with Gasteiger partial charge in [-0.05, 0) is 37.8 Å². The van der Waals surface area contributed by atoms with E-state index in [1.165, 1.54) is 32.1 Å². The second-order valence-corrected chi connectivity index (χ2v) is 4.95. The number of aromatic nitrogens is 1. The highest BCUT2D eigenvalue weighted by Gasteiger charge is 2.22. The Balaban J connectivity index is 2.15. The second-order valence-electron chi connectivity index (χ2n) is 4.95. The molecule has 2 heterocycles. The lowest BCUT2D eigenvalue weighted by molar-refractivity contribution is 0.432. The Kier molecular flexibility index (Phi) is 4.18. The van der Waals surface area contributed by atoms with Crippen molar-refractivity contribution in [2.24, 2.45) is 5.73 Å². The Labute approximate surface area is 109 Å². The molecule has 1 aliphatic rings. The van der Waals surface area contributed by atoms with Gasteiger partial charge < -0.3 is 10.6 Å². The van der Waals surface area contributed by atoms with Crippen LogP contribution in [0.5, 0.6) is 0 Å². The molecule has 1 aliphatic heterocycles. The van der Waals surface area contributed by atoms with Crippen molar-refractivity contribution in [3.63, 3.8) is 0 Å². The summed E-state index contributed by atoms with van der Waals surface area (Å²) >= 11 is 0. The Morgan fingerprint density at radius 3 is 2.94 bits per heavy atom. The van der Waals surface area contributed by atoms with Crippen LogP contribution in [0.15, 0.2) is 18.3 Å². The summed E-state index contributed by atoms with van der Waals surface area (Å²) in [7, 11) is 0. The van der Waals surface area contributed by atoms with Gasteiger partial charge in [-0.15, -0.1) is 0 Å². The molecule has 4 heteroatoms. The van der Waals surface area contributed by atoms with Crippen LogP contribution in [0, 0.1) is 5.41 Å². The summed E-state index contributed by atoms with van der Waals surface area (Å²) in [6.07, 6.45) is 7.99. The Morgan fingerprint density at radius 2 is 2.33 bits per heavy atom. The first-order chi connectivity index (χ1) is 8.72. The number of nitrogens with zero attached hydrogens (tertiary/aromatic N) is 2. The molecule has 0 spiro atoms. The van der Waals surface area contributed by atoms with Gasteiger partial charge >= 0.3 is 0 Å². The standard InChI is InChI=1S/C14H22N4/c1-2-5-12-6-3-4-9-18(12)13-8-7-11(10-17-13)14(15)16/h7-8,10,12H,2-6,9H2,1H3,(H3,15,16). The molecule has 4 nitrogen and oxygen atoms in total. The molecule has 1 atom stereocenters. The molecule has 18 heavy (non-hydrogen) atoms. The molecule has 2 rings (SSSR count). The lowest BCUT2D eigenvalue weighted by Crippen LogP contribution is -2.40. The molecule has 1 fully saturated rings. The number of nitrogens with two attached hydrogens (primary N) is 1. The van der Waals surface area contributed by atoms with Crippen LogP contribution in [0.2, 0.25) is 0 Å². The molecule has 98 valence electrons. The van der Waals surface area contributed by atoms with Gasteiger partial charge in [0.25, 0.3) is 0 Å². The third kappa shape index (κ3) is 2.81. The average Bonchev–Trinajstić information content (AvgIpc) is 2.40. The van der Waals surface area contributed by atoms with E-state index in [1.807, 2.05) is 12.1 Å². The summed E-state index contributed by atoms with van der Waals surface area (Å²) in [6, 6.07) is 4.51. The molecular weight excluding hydrogens is 224 g/mol. The van der Waals surface area contributed by atoms with Gasteiger partial charge in [0.2, 0.25) is 0 Å². The molecule has 0 radical (unpaired) electrons. The smallest absolute Gasteiger partial charge is 0.128 e. The molecule has 0 saturated carbocycles. The van der Waals surface area contributed by atoms with Crippen molar-refractivity contribution in [1.82, 2.24) is 4.98 Å². The summed E-state index contributed by atoms with van der Waals surface area (Å²) in [5.41, 5.74) is 6.14. The van der Waals surface area contributed by atoms with Gasteiger partial charge in [0.05, 0.1) is 0 Å². The molecule has 1 unspecified atom stereocenters. The number of amidine groups is 1. The van der Waals surface area contributed by atoms with Crippen molar-refractivity contribution in [3.05, 3.63) is 23.9 Å². The van der Waals surface area contributed by atoms with E-state index in [1.54, 1.807) is 6.20 Å². The number of piperidine rings is 1. The maximum Gasteiger partial charge on any atom is 0.128 e. The van der Waals surface area contributed by atoms with Crippen LogP contribution in [0.4, 0.5) is 5.82 Å². The first-order valence-corrected chi connectivity index (χ1v) is 6.79. The van der Waals surface area contributed by atoms with E-state index in [4.69, 9.17) is 11.1 Å². The lowest BCUT2D eigenvalue weighted by Gasteiger charge is -2.36. The molecule has 0 amide bonds. The van der Waals surface area contributed by atoms with Crippen LogP contribution in [0.25, 0.3) is 0 Å². The topological polar surface area (TPSA) is 66.0 Å². The van der Waals surface area contributed by atoms with Gasteiger partial charge in [-0.1, -0.05) is 13.3 Å². The molecule has 0 aliphatic carbocycles. The first kappa shape index (κ1) is 12.9. The van der Waals surface area contributed by atoms with Crippen LogP contribution in [-0.2, 0) is 0 Å². The highest BCUT2D eigenvalue weighted by atomic mass is 15.2. The van der Waals surface area contributed by atoms with E-state index in [2.05, 4.69) is 16.8 Å². The van der Waals surface area contributed by atoms with E-state index in [0.29, 0.717) is 11.6 Å². The first-order valence-electron chi connectivity index (χ1n) is 6.79. The zero-order chi connectivity index (χ0) is 13.0. The fourth-order valence-corrected chi connectivity index (χ4v) is 2.65. The maximum atomic E-state index is 7.38. The van der Waals surface area contributed by atoms with Gasteiger partial charge in [-0.25, -0.2) is 4.98 Å². The zero-order valence-electron chi connectivity index (χ0n) is 11.0. The largest absolute Gasteiger partial charge is 0.384 e. The molecule has 1 saturated heterocycles. The fourth-order valence-electron chi connectivity index (χ4n) is 2.65. The molecule has 1 aromatic heterocycles. The number of nitrogen functional groups attached to an aromatic ring is 1. The Bertz CT molecular complexity index is 397. The van der Waals surface area contributed by atoms with E-state index in [9.17, 15) is 0 Å². The van der Waals surface area contributed by atoms with Gasteiger partial charge in [0, 0.05) is 24.3 Å². The highest BCUT2D eigenvalue weighted by Crippen LogP contribution is 2.25. The number of pyridine rings is 1. The van der Waals surface area contributed by atoms with Crippen molar-refractivity contribution in [2.45, 2.75) is 45.1 Å². The van der Waals surface area contributed by atoms with Gasteiger partial charge in [-0.3, -0.25) is 5.41 Å². The fraction of sp³-hybridized carbons (Fsp3) is 0.571. The summed E-state index contributed by atoms with van der Waals surface area (Å²) in [5, 5.41) is 7.38. The molecule has 1 aromatic rings. The van der Waals surface area contributed by atoms with Crippen molar-refractivity contribution in [2.75, 3.05) is 11.4 Å². The predicted octanol–water partition coefficient (Wildman–Crippen LogP) is 2.52. The van der Waals surface area contributed by atoms with Crippen LogP contribution >= 0.6 is 0 Å². The van der Waals surface area contributed by atoms with Gasteiger partial charge in [0.1, 0.15) is 11.7 Å². The van der Waals surface area contributed by atoms with Crippen molar-refractivity contribution in [3.8, 4) is 0 Å². The quantitative estimate of drug-likeness (QED) is 0.633. The monoisotopic (exact) mass is 246 g/mol. The number of nitrogens with one attached hydrogen (secondary N) is 1. The van der Waals surface area contributed by atoms with E-state index in [0.717, 1.165) is 12.4 Å². The predicted molar refractivity (Wildman–Crippen MR) is 75.1 cm³/mol. The minimum atomic E-state index is 0.0813. The zero-order valence-corrected chi connectivity index (χ0v) is 11.0. The minimum Gasteiger partial charge on any atom is -0.384 e. The SMILES string of the molecule is CCCC1CCCCN1c1ccc(C(=N)N)cn1. The highest BCUT2D eigenvalue weighted by molar-refractivity contribution is 5.94. The van der Waals surface area contributed by atoms with E-state index in [-0.39, 0.29) is 5.84 Å². The average molecular weight is 246 g/mol. The Morgan fingerprint density at radius 1 is 1.50 bits per heavy atom. The third-order valence-corrected chi connectivity index (χ3v) is 3.60. The van der Waals surface area contributed by atoms with E-state index < -0.39 is 0 Å². The van der Waals surface area contributed by atoms with Crippen LogP contribution in [-0.4, -0.2) is 23.4 Å². The molecule has 0 aromatic carbocycles. The van der Waals surface area contributed by atoms with Crippen LogP contribution in [0.1, 0.15) is 44.6 Å². The van der Waals surface area contributed by atoms with Crippen molar-refractivity contribution >= 4 is 11.7 Å². The summed E-state index contributed by atoms with van der Waals surface area (Å²) in [6.45, 7) is 3.33. The van der Waals surface area contributed by atoms with Gasteiger partial charge in [0.15, 0.2) is 0 Å². The minimum absolute atomic E-state index is 0.0813. The third-order valence-electron chi connectivity index (χ3n) is 3.60. The molecule has 0 bridgehead atoms. The summed E-state index contributed by atoms with van der Waals surface area (Å²) in [5.74, 6) is 1.11. The van der Waals surface area contributed by atoms with Gasteiger partial charge in [-0.2, -0.15) is 0 Å². The number of rotatable bonds is 4. The Hall–Kier alpha value is -1.58. The number of hydrogen-bond acceptors (Lipinski definition) is 3. The van der Waals surface area contributed by atoms with Crippen LogP contribution in [0.3, 0.4) is 0 Å². The van der Waals surface area contributed by atoms with Crippen LogP contribution < -0.4 is 10.6 Å². The van der Waals surface area contributed by atoms with Crippen molar-refractivity contribution in [1.29, 1.82) is 5.41 Å². The maximum absolute atomic E-state index is 7.38. The normalized spacial score (nSPS) is 19.8. The van der Waals surface area contributed by atoms with E-state index >= 15 is 0 Å². The lowest BCUT2D eigenvalue weighted by atomic mass is 9.98.